The second kappa shape index (κ2) is 14.4. The van der Waals surface area contributed by atoms with E-state index in [0.717, 1.165) is 91.3 Å². The van der Waals surface area contributed by atoms with Gasteiger partial charge in [0.25, 0.3) is 0 Å². The van der Waals surface area contributed by atoms with Gasteiger partial charge in [-0.25, -0.2) is 14.4 Å². The summed E-state index contributed by atoms with van der Waals surface area (Å²) in [7, 11) is 0. The molecule has 7 rings (SSSR count). The number of piperidine rings is 1. The normalized spacial score (nSPS) is 26.9. The van der Waals surface area contributed by atoms with Crippen molar-refractivity contribution in [1.29, 1.82) is 0 Å². The SMILES string of the molecule is CC[C@@H](Nc1nc2c(c(N[C@@H](CN3C4CCCC3CC4)c3sc(C)nc3C)n1)C[C@H](c1cccc(F)c1)CC2)C1CCC(C(=O)O)CC1. The Morgan fingerprint density at radius 1 is 1.02 bits per heavy atom. The summed E-state index contributed by atoms with van der Waals surface area (Å²) in [4.78, 5) is 30.9. The molecule has 0 radical (unpaired) electrons. The van der Waals surface area contributed by atoms with Crippen LogP contribution < -0.4 is 10.6 Å². The van der Waals surface area contributed by atoms with E-state index in [9.17, 15) is 14.3 Å². The van der Waals surface area contributed by atoms with Crippen molar-refractivity contribution in [3.63, 3.8) is 0 Å². The first-order valence-electron chi connectivity index (χ1n) is 18.4. The average Bonchev–Trinajstić information content (AvgIpc) is 3.52. The van der Waals surface area contributed by atoms with E-state index in [4.69, 9.17) is 15.0 Å². The number of hydrogen-bond acceptors (Lipinski definition) is 8. The number of nitrogens with one attached hydrogen (secondary N) is 2. The van der Waals surface area contributed by atoms with Crippen LogP contribution in [0.25, 0.3) is 0 Å². The fraction of sp³-hybridized carbons (Fsp3) is 0.632. The molecule has 3 N–H and O–H groups in total. The molecule has 4 aliphatic rings. The van der Waals surface area contributed by atoms with Crippen LogP contribution in [0.1, 0.15) is 122 Å². The highest BCUT2D eigenvalue weighted by Gasteiger charge is 2.39. The van der Waals surface area contributed by atoms with Gasteiger partial charge in [0.2, 0.25) is 5.95 Å². The van der Waals surface area contributed by atoms with Gasteiger partial charge in [-0.1, -0.05) is 25.5 Å². The summed E-state index contributed by atoms with van der Waals surface area (Å²) in [5.74, 6) is 1.04. The van der Waals surface area contributed by atoms with Crippen molar-refractivity contribution < 1.29 is 14.3 Å². The zero-order valence-electron chi connectivity index (χ0n) is 28.7. The van der Waals surface area contributed by atoms with E-state index < -0.39 is 5.97 Å². The largest absolute Gasteiger partial charge is 0.481 e. The first-order valence-corrected chi connectivity index (χ1v) is 19.2. The van der Waals surface area contributed by atoms with Crippen molar-refractivity contribution in [2.24, 2.45) is 11.8 Å². The van der Waals surface area contributed by atoms with Crippen LogP contribution in [0.4, 0.5) is 16.2 Å². The van der Waals surface area contributed by atoms with Crippen molar-refractivity contribution in [2.75, 3.05) is 17.2 Å². The molecule has 3 fully saturated rings. The molecule has 8 nitrogen and oxygen atoms in total. The van der Waals surface area contributed by atoms with Gasteiger partial charge in [-0.15, -0.1) is 11.3 Å². The van der Waals surface area contributed by atoms with E-state index in [1.54, 1.807) is 17.4 Å². The molecule has 2 aliphatic heterocycles. The lowest BCUT2D eigenvalue weighted by Crippen LogP contribution is -2.43. The Morgan fingerprint density at radius 3 is 2.46 bits per heavy atom. The third-order valence-corrected chi connectivity index (χ3v) is 13.0. The van der Waals surface area contributed by atoms with Crippen LogP contribution >= 0.6 is 11.3 Å². The van der Waals surface area contributed by atoms with Crippen LogP contribution in [0.15, 0.2) is 24.3 Å². The molecule has 3 aromatic rings. The molecule has 5 atom stereocenters. The first kappa shape index (κ1) is 33.4. The zero-order valence-corrected chi connectivity index (χ0v) is 29.5. The Hall–Kier alpha value is -3.11. The lowest BCUT2D eigenvalue weighted by Gasteiger charge is -2.38. The molecule has 258 valence electrons. The Balaban J connectivity index is 1.22. The van der Waals surface area contributed by atoms with Crippen molar-refractivity contribution in [1.82, 2.24) is 19.9 Å². The van der Waals surface area contributed by atoms with Crippen LogP contribution in [0, 0.1) is 31.5 Å². The number of fused-ring (bicyclic) bond motifs is 3. The summed E-state index contributed by atoms with van der Waals surface area (Å²) >= 11 is 1.79. The van der Waals surface area contributed by atoms with Crippen molar-refractivity contribution in [2.45, 2.75) is 134 Å². The Labute approximate surface area is 288 Å². The minimum absolute atomic E-state index is 0.0482. The monoisotopic (exact) mass is 674 g/mol. The molecule has 0 amide bonds. The van der Waals surface area contributed by atoms with Crippen molar-refractivity contribution in [3.8, 4) is 0 Å². The predicted octanol–water partition coefficient (Wildman–Crippen LogP) is 8.21. The summed E-state index contributed by atoms with van der Waals surface area (Å²) in [5, 5.41) is 18.4. The predicted molar refractivity (Wildman–Crippen MR) is 189 cm³/mol. The standard InChI is InChI=1S/C38H51FN6O2S/c1-4-32(24-11-13-25(14-12-24)37(46)47)42-38-43-33-18-15-27(26-7-5-8-28(39)19-26)20-31(33)36(44-38)41-34(35-22(2)40-23(3)48-35)21-45-29-9-6-10-30(45)17-16-29/h5,7-8,19,24-25,27,29-30,32,34H,4,6,9-18,20-21H2,1-3H3,(H,46,47)(H2,41,42,43,44)/t24?,25?,27-,29?,30?,32-,34+/m1/s1. The van der Waals surface area contributed by atoms with Crippen LogP contribution in [-0.2, 0) is 17.6 Å². The Morgan fingerprint density at radius 2 is 1.79 bits per heavy atom. The molecule has 48 heavy (non-hydrogen) atoms. The first-order chi connectivity index (χ1) is 23.2. The van der Waals surface area contributed by atoms with Gasteiger partial charge in [-0.2, -0.15) is 4.98 Å². The maximum Gasteiger partial charge on any atom is 0.306 e. The van der Waals surface area contributed by atoms with Crippen molar-refractivity contribution in [3.05, 3.63) is 62.5 Å². The second-order valence-electron chi connectivity index (χ2n) is 14.8. The summed E-state index contributed by atoms with van der Waals surface area (Å²) in [6.07, 6.45) is 13.1. The molecule has 2 aliphatic carbocycles. The highest BCUT2D eigenvalue weighted by atomic mass is 32.1. The number of rotatable bonds is 11. The van der Waals surface area contributed by atoms with Crippen LogP contribution in [0.3, 0.4) is 0 Å². The number of aliphatic carboxylic acids is 1. The Bertz CT molecular complexity index is 1590. The molecular formula is C38H51FN6O2S. The number of carbonyl (C=O) groups is 1. The summed E-state index contributed by atoms with van der Waals surface area (Å²) in [6, 6.07) is 8.59. The summed E-state index contributed by atoms with van der Waals surface area (Å²) in [6.45, 7) is 7.35. The van der Waals surface area contributed by atoms with E-state index in [2.05, 4.69) is 36.3 Å². The second-order valence-corrected chi connectivity index (χ2v) is 16.1. The van der Waals surface area contributed by atoms with Gasteiger partial charge in [-0.05, 0) is 120 Å². The molecule has 4 heterocycles. The van der Waals surface area contributed by atoms with Gasteiger partial charge >= 0.3 is 5.97 Å². The number of aryl methyl sites for hydroxylation is 3. The number of halogens is 1. The lowest BCUT2D eigenvalue weighted by atomic mass is 9.78. The molecule has 1 aromatic carbocycles. The minimum atomic E-state index is -0.668. The number of hydrogen-bond donors (Lipinski definition) is 3. The number of anilines is 2. The topological polar surface area (TPSA) is 103 Å². The van der Waals surface area contributed by atoms with Gasteiger partial charge in [0, 0.05) is 30.2 Å². The fourth-order valence-electron chi connectivity index (χ4n) is 9.29. The minimum Gasteiger partial charge on any atom is -0.481 e. The van der Waals surface area contributed by atoms with E-state index >= 15 is 0 Å². The number of carboxylic acids is 1. The van der Waals surface area contributed by atoms with Gasteiger partial charge in [-0.3, -0.25) is 9.69 Å². The number of aromatic nitrogens is 3. The van der Waals surface area contributed by atoms with E-state index in [1.807, 2.05) is 12.1 Å². The number of nitrogens with zero attached hydrogens (tertiary/aromatic N) is 4. The van der Waals surface area contributed by atoms with E-state index in [-0.39, 0.29) is 29.7 Å². The van der Waals surface area contributed by atoms with Gasteiger partial charge in [0.05, 0.1) is 33.2 Å². The van der Waals surface area contributed by atoms with E-state index in [1.165, 1.54) is 43.0 Å². The molecular weight excluding hydrogens is 624 g/mol. The average molecular weight is 675 g/mol. The van der Waals surface area contributed by atoms with Gasteiger partial charge < -0.3 is 15.7 Å². The van der Waals surface area contributed by atoms with E-state index in [0.29, 0.717) is 23.9 Å². The van der Waals surface area contributed by atoms with Gasteiger partial charge in [0.1, 0.15) is 11.6 Å². The lowest BCUT2D eigenvalue weighted by molar-refractivity contribution is -0.143. The molecule has 2 bridgehead atoms. The third kappa shape index (κ3) is 7.11. The molecule has 2 unspecified atom stereocenters. The zero-order chi connectivity index (χ0) is 33.4. The van der Waals surface area contributed by atoms with Crippen LogP contribution in [0.5, 0.6) is 0 Å². The maximum atomic E-state index is 14.3. The quantitative estimate of drug-likeness (QED) is 0.187. The van der Waals surface area contributed by atoms with Crippen LogP contribution in [-0.4, -0.2) is 55.6 Å². The molecule has 0 spiro atoms. The molecule has 1 saturated carbocycles. The molecule has 2 saturated heterocycles. The van der Waals surface area contributed by atoms with Crippen LogP contribution in [0.2, 0.25) is 0 Å². The Kier molecular flexibility index (Phi) is 10.0. The summed E-state index contributed by atoms with van der Waals surface area (Å²) < 4.78 is 14.3. The highest BCUT2D eigenvalue weighted by molar-refractivity contribution is 7.11. The third-order valence-electron chi connectivity index (χ3n) is 11.8. The molecule has 2 aromatic heterocycles. The number of thiazole rings is 1. The fourth-order valence-corrected chi connectivity index (χ4v) is 10.3. The van der Waals surface area contributed by atoms with Gasteiger partial charge in [0.15, 0.2) is 0 Å². The highest BCUT2D eigenvalue weighted by Crippen LogP contribution is 2.41. The summed E-state index contributed by atoms with van der Waals surface area (Å²) in [5.41, 5.74) is 4.33. The van der Waals surface area contributed by atoms with Crippen molar-refractivity contribution >= 4 is 29.1 Å². The number of carboxylic acid groups (broad SMARTS) is 1. The smallest absolute Gasteiger partial charge is 0.306 e. The number of benzene rings is 1. The maximum absolute atomic E-state index is 14.3. The molecule has 10 heteroatoms.